The molecule has 1 fully saturated rings. The van der Waals surface area contributed by atoms with Gasteiger partial charge >= 0.3 is 6.09 Å². The van der Waals surface area contributed by atoms with Crippen molar-refractivity contribution >= 4 is 23.5 Å². The van der Waals surface area contributed by atoms with Crippen LogP contribution in [0.5, 0.6) is 5.75 Å². The number of benzene rings is 2. The minimum absolute atomic E-state index is 0.00360. The molecule has 0 saturated heterocycles. The lowest BCUT2D eigenvalue weighted by molar-refractivity contribution is -0.122. The van der Waals surface area contributed by atoms with E-state index in [2.05, 4.69) is 10.6 Å². The maximum atomic E-state index is 14.8. The topological polar surface area (TPSA) is 93.7 Å². The summed E-state index contributed by atoms with van der Waals surface area (Å²) < 4.78 is 39.2. The summed E-state index contributed by atoms with van der Waals surface area (Å²) in [4.78, 5) is 36.8. The zero-order valence-electron chi connectivity index (χ0n) is 18.8. The predicted molar refractivity (Wildman–Crippen MR) is 120 cm³/mol. The molecule has 0 aromatic heterocycles. The zero-order chi connectivity index (χ0) is 24.2. The van der Waals surface area contributed by atoms with Crippen molar-refractivity contribution in [3.05, 3.63) is 58.7 Å². The molecule has 2 aromatic rings. The molecular weight excluding hydrogens is 446 g/mol. The molecule has 2 amide bonds. The average molecular weight is 472 g/mol. The first-order valence-corrected chi connectivity index (χ1v) is 11.3. The molecule has 4 rings (SSSR count). The van der Waals surface area contributed by atoms with E-state index in [0.717, 1.165) is 18.9 Å². The second kappa shape index (κ2) is 10.2. The van der Waals surface area contributed by atoms with E-state index < -0.39 is 29.7 Å². The second-order valence-corrected chi connectivity index (χ2v) is 8.69. The smallest absolute Gasteiger partial charge is 0.407 e. The Morgan fingerprint density at radius 2 is 1.94 bits per heavy atom. The number of hydrogen-bond acceptors (Lipinski definition) is 5. The van der Waals surface area contributed by atoms with Crippen LogP contribution in [0, 0.1) is 24.5 Å². The number of ketones is 1. The normalized spacial score (nSPS) is 19.6. The molecule has 2 atom stereocenters. The molecule has 2 aromatic carbocycles. The Balaban J connectivity index is 1.46. The lowest BCUT2D eigenvalue weighted by Gasteiger charge is -2.28. The molecule has 0 spiro atoms. The van der Waals surface area contributed by atoms with Crippen molar-refractivity contribution in [2.75, 3.05) is 18.5 Å². The second-order valence-electron chi connectivity index (χ2n) is 8.69. The maximum Gasteiger partial charge on any atom is 0.407 e. The predicted octanol–water partition coefficient (Wildman–Crippen LogP) is 4.83. The minimum Gasteiger partial charge on any atom is -0.492 e. The van der Waals surface area contributed by atoms with Crippen LogP contribution in [0.4, 0.5) is 19.3 Å². The average Bonchev–Trinajstić information content (AvgIpc) is 2.80. The van der Waals surface area contributed by atoms with Crippen molar-refractivity contribution < 1.29 is 32.6 Å². The highest BCUT2D eigenvalue weighted by Gasteiger charge is 2.31. The standard InChI is InChI=1S/C25H26F2N2O5/c1-14-11-16(5-7-19(14)26)28-24(31)18-6-8-20(27)22-21(9-10-33-23(18)22)29-25(32)34-13-15-3-2-4-17(30)12-15/h5-8,11,15,21H,2-4,9-10,12-13H2,1H3,(H,28,31)(H,29,32)/t15-,21-/m0/s1. The number of Topliss-reactive ketones (excluding diaryl/α,β-unsaturated/α-hetero) is 1. The van der Waals surface area contributed by atoms with Gasteiger partial charge in [-0.1, -0.05) is 0 Å². The van der Waals surface area contributed by atoms with E-state index in [4.69, 9.17) is 9.47 Å². The summed E-state index contributed by atoms with van der Waals surface area (Å²) in [6, 6.07) is 5.87. The lowest BCUT2D eigenvalue weighted by atomic mass is 9.89. The van der Waals surface area contributed by atoms with E-state index in [-0.39, 0.29) is 41.8 Å². The van der Waals surface area contributed by atoms with Gasteiger partial charge in [0.25, 0.3) is 5.91 Å². The number of carbonyl (C=O) groups excluding carboxylic acids is 3. The first-order valence-electron chi connectivity index (χ1n) is 11.3. The zero-order valence-corrected chi connectivity index (χ0v) is 18.8. The largest absolute Gasteiger partial charge is 0.492 e. The third kappa shape index (κ3) is 5.35. The summed E-state index contributed by atoms with van der Waals surface area (Å²) in [5, 5.41) is 5.32. The van der Waals surface area contributed by atoms with Crippen LogP contribution >= 0.6 is 0 Å². The highest BCUT2D eigenvalue weighted by atomic mass is 19.1. The molecular formula is C25H26F2N2O5. The Bertz CT molecular complexity index is 1120. The van der Waals surface area contributed by atoms with Gasteiger partial charge in [0.05, 0.1) is 30.4 Å². The molecule has 0 bridgehead atoms. The van der Waals surface area contributed by atoms with Crippen LogP contribution in [-0.4, -0.2) is 31.0 Å². The van der Waals surface area contributed by atoms with Gasteiger partial charge in [0, 0.05) is 30.9 Å². The molecule has 180 valence electrons. The summed E-state index contributed by atoms with van der Waals surface area (Å²) in [5.41, 5.74) is 0.922. The molecule has 1 aliphatic carbocycles. The van der Waals surface area contributed by atoms with Gasteiger partial charge in [-0.15, -0.1) is 0 Å². The Labute approximate surface area is 195 Å². The molecule has 34 heavy (non-hydrogen) atoms. The minimum atomic E-state index is -0.745. The van der Waals surface area contributed by atoms with Gasteiger partial charge < -0.3 is 20.1 Å². The number of nitrogens with one attached hydrogen (secondary N) is 2. The lowest BCUT2D eigenvalue weighted by Crippen LogP contribution is -2.35. The molecule has 2 N–H and O–H groups in total. The highest BCUT2D eigenvalue weighted by molar-refractivity contribution is 6.06. The number of ether oxygens (including phenoxy) is 2. The molecule has 9 heteroatoms. The number of aryl methyl sites for hydroxylation is 1. The van der Waals surface area contributed by atoms with E-state index in [0.29, 0.717) is 30.5 Å². The van der Waals surface area contributed by atoms with Gasteiger partial charge in [0.2, 0.25) is 0 Å². The summed E-state index contributed by atoms with van der Waals surface area (Å²) >= 11 is 0. The molecule has 1 aliphatic heterocycles. The van der Waals surface area contributed by atoms with Gasteiger partial charge in [-0.3, -0.25) is 9.59 Å². The van der Waals surface area contributed by atoms with Crippen molar-refractivity contribution in [1.82, 2.24) is 5.32 Å². The van der Waals surface area contributed by atoms with E-state index in [1.807, 2.05) is 0 Å². The van der Waals surface area contributed by atoms with E-state index >= 15 is 0 Å². The highest BCUT2D eigenvalue weighted by Crippen LogP contribution is 2.37. The quantitative estimate of drug-likeness (QED) is 0.650. The number of fused-ring (bicyclic) bond motifs is 1. The summed E-state index contributed by atoms with van der Waals surface area (Å²) in [6.07, 6.45) is 2.15. The molecule has 0 radical (unpaired) electrons. The summed E-state index contributed by atoms with van der Waals surface area (Å²) in [5.74, 6) is -1.35. The van der Waals surface area contributed by atoms with Crippen molar-refractivity contribution in [2.45, 2.75) is 45.1 Å². The summed E-state index contributed by atoms with van der Waals surface area (Å²) in [7, 11) is 0. The maximum absolute atomic E-state index is 14.8. The number of halogens is 2. The molecule has 1 saturated carbocycles. The van der Waals surface area contributed by atoms with E-state index in [1.54, 1.807) is 6.92 Å². The number of hydrogen-bond donors (Lipinski definition) is 2. The Morgan fingerprint density at radius 3 is 2.71 bits per heavy atom. The number of anilines is 1. The van der Waals surface area contributed by atoms with Crippen molar-refractivity contribution in [1.29, 1.82) is 0 Å². The van der Waals surface area contributed by atoms with E-state index in [9.17, 15) is 23.2 Å². The van der Waals surface area contributed by atoms with Crippen LogP contribution in [-0.2, 0) is 9.53 Å². The van der Waals surface area contributed by atoms with Crippen molar-refractivity contribution in [3.63, 3.8) is 0 Å². The van der Waals surface area contributed by atoms with E-state index in [1.165, 1.54) is 24.3 Å². The van der Waals surface area contributed by atoms with Crippen LogP contribution in [0.25, 0.3) is 0 Å². The van der Waals surface area contributed by atoms with Crippen molar-refractivity contribution in [2.24, 2.45) is 5.92 Å². The fourth-order valence-corrected chi connectivity index (χ4v) is 4.36. The van der Waals surface area contributed by atoms with Crippen LogP contribution < -0.4 is 15.4 Å². The van der Waals surface area contributed by atoms with Crippen LogP contribution in [0.15, 0.2) is 30.3 Å². The van der Waals surface area contributed by atoms with Gasteiger partial charge in [-0.2, -0.15) is 0 Å². The van der Waals surface area contributed by atoms with Gasteiger partial charge in [-0.05, 0) is 55.7 Å². The van der Waals surface area contributed by atoms with Gasteiger partial charge in [0.15, 0.2) is 0 Å². The molecule has 7 nitrogen and oxygen atoms in total. The van der Waals surface area contributed by atoms with Gasteiger partial charge in [-0.25, -0.2) is 13.6 Å². The Morgan fingerprint density at radius 1 is 1.15 bits per heavy atom. The van der Waals surface area contributed by atoms with Crippen LogP contribution in [0.2, 0.25) is 0 Å². The van der Waals surface area contributed by atoms with Crippen LogP contribution in [0.1, 0.15) is 59.6 Å². The SMILES string of the molecule is Cc1cc(NC(=O)c2ccc(F)c3c2OCC[C@@H]3NC(=O)OC[C@H]2CCCC(=O)C2)ccc1F. The Kier molecular flexibility index (Phi) is 7.09. The third-order valence-electron chi connectivity index (χ3n) is 6.13. The number of alkyl carbamates (subject to hydrolysis) is 1. The number of carbonyl (C=O) groups is 3. The monoisotopic (exact) mass is 472 g/mol. The first kappa shape index (κ1) is 23.7. The molecule has 2 aliphatic rings. The number of rotatable bonds is 5. The Hall–Kier alpha value is -3.49. The first-order chi connectivity index (χ1) is 16.3. The van der Waals surface area contributed by atoms with Crippen molar-refractivity contribution in [3.8, 4) is 5.75 Å². The fraction of sp³-hybridized carbons (Fsp3) is 0.400. The summed E-state index contributed by atoms with van der Waals surface area (Å²) in [6.45, 7) is 1.86. The molecule has 0 unspecified atom stereocenters. The van der Waals surface area contributed by atoms with Gasteiger partial charge in [0.1, 0.15) is 23.2 Å². The third-order valence-corrected chi connectivity index (χ3v) is 6.13. The number of amides is 2. The fourth-order valence-electron chi connectivity index (χ4n) is 4.36. The van der Waals surface area contributed by atoms with Crippen LogP contribution in [0.3, 0.4) is 0 Å². The molecule has 1 heterocycles.